The van der Waals surface area contributed by atoms with Gasteiger partial charge in [-0.1, -0.05) is 46.3 Å². The average molecular weight is 521 g/mol. The Morgan fingerprint density at radius 3 is 2.42 bits per heavy atom. The third kappa shape index (κ3) is 4.15. The van der Waals surface area contributed by atoms with Crippen molar-refractivity contribution in [3.8, 4) is 0 Å². The molecule has 0 amide bonds. The minimum Gasteiger partial charge on any atom is -0.365 e. The van der Waals surface area contributed by atoms with Crippen LogP contribution in [0.1, 0.15) is 80.6 Å². The molecule has 0 aromatic heterocycles. The van der Waals surface area contributed by atoms with E-state index in [2.05, 4.69) is 33.8 Å². The summed E-state index contributed by atoms with van der Waals surface area (Å²) in [6, 6.07) is 0. The van der Waals surface area contributed by atoms with Crippen molar-refractivity contribution in [3.05, 3.63) is 23.8 Å². The van der Waals surface area contributed by atoms with E-state index in [1.807, 2.05) is 13.0 Å². The van der Waals surface area contributed by atoms with Crippen LogP contribution in [0.15, 0.2) is 23.8 Å². The number of hydrogen-bond acceptors (Lipinski definition) is 6. The Morgan fingerprint density at radius 1 is 1.14 bits per heavy atom. The molecule has 0 unspecified atom stereocenters. The standard InChI is InChI=1S/C29H45O6P/c1-8-25(31)29(7)19(4)15-23-22-12-11-20-16-21(30)13-14-27(20,5)26(22)24(17-28(23,29)6)33-18-36(32,34-9-2)35-10-3/h13-14,16,19,22-24,26H,8-12,15,17-18H2,1-7H3/t19-,22+,23+,24+,26-,27+,28+,29-/m1/s1. The molecule has 0 aliphatic heterocycles. The first-order valence-electron chi connectivity index (χ1n) is 13.9. The number of rotatable bonds is 9. The van der Waals surface area contributed by atoms with Crippen molar-refractivity contribution in [2.45, 2.75) is 86.7 Å². The summed E-state index contributed by atoms with van der Waals surface area (Å²) in [5.41, 5.74) is 0.210. The van der Waals surface area contributed by atoms with Crippen LogP contribution in [-0.4, -0.2) is 37.2 Å². The van der Waals surface area contributed by atoms with Crippen LogP contribution in [0.4, 0.5) is 0 Å². The lowest BCUT2D eigenvalue weighted by Crippen LogP contribution is -2.59. The Bertz CT molecular complexity index is 992. The number of fused-ring (bicyclic) bond motifs is 5. The maximum absolute atomic E-state index is 13.5. The summed E-state index contributed by atoms with van der Waals surface area (Å²) in [5, 5.41) is 0. The molecule has 0 bridgehead atoms. The van der Waals surface area contributed by atoms with Crippen molar-refractivity contribution in [3.63, 3.8) is 0 Å². The summed E-state index contributed by atoms with van der Waals surface area (Å²) in [6.07, 6.45) is 9.40. The molecule has 0 aromatic rings. The normalized spacial score (nSPS) is 41.9. The van der Waals surface area contributed by atoms with Gasteiger partial charge in [0.25, 0.3) is 0 Å². The fraction of sp³-hybridized carbons (Fsp3) is 0.793. The second-order valence-electron chi connectivity index (χ2n) is 12.0. The van der Waals surface area contributed by atoms with Crippen LogP contribution >= 0.6 is 7.60 Å². The molecule has 4 aliphatic rings. The quantitative estimate of drug-likeness (QED) is 0.313. The van der Waals surface area contributed by atoms with Gasteiger partial charge in [0.1, 0.15) is 12.1 Å². The molecule has 0 heterocycles. The van der Waals surface area contributed by atoms with Crippen molar-refractivity contribution >= 4 is 19.2 Å². The Morgan fingerprint density at radius 2 is 1.81 bits per heavy atom. The monoisotopic (exact) mass is 520 g/mol. The van der Waals surface area contributed by atoms with Crippen molar-refractivity contribution in [2.24, 2.45) is 39.9 Å². The topological polar surface area (TPSA) is 78.9 Å². The molecule has 0 spiro atoms. The van der Waals surface area contributed by atoms with Crippen LogP contribution in [0.5, 0.6) is 0 Å². The summed E-state index contributed by atoms with van der Waals surface area (Å²) >= 11 is 0. The number of ketones is 2. The van der Waals surface area contributed by atoms with Gasteiger partial charge in [0, 0.05) is 23.2 Å². The second-order valence-corrected chi connectivity index (χ2v) is 14.0. The average Bonchev–Trinajstić information content (AvgIpc) is 3.04. The molecule has 0 radical (unpaired) electrons. The molecular formula is C29H45O6P. The van der Waals surface area contributed by atoms with Crippen LogP contribution < -0.4 is 0 Å². The van der Waals surface area contributed by atoms with Gasteiger partial charge in [0.2, 0.25) is 0 Å². The third-order valence-electron chi connectivity index (χ3n) is 10.6. The fourth-order valence-electron chi connectivity index (χ4n) is 8.66. The van der Waals surface area contributed by atoms with E-state index in [9.17, 15) is 14.2 Å². The number of carbonyl (C=O) groups excluding carboxylic acids is 2. The van der Waals surface area contributed by atoms with E-state index in [4.69, 9.17) is 13.8 Å². The summed E-state index contributed by atoms with van der Waals surface area (Å²) in [5.74, 6) is 1.53. The SMILES string of the molecule is CCOP(=O)(CO[C@H]1C[C@@]2(C)[C@@H](C[C@@H](C)[C@]2(C)C(=O)CC)[C@@H]2CCC3=CC(=O)C=C[C@]3(C)[C@H]21)OCC. The predicted octanol–water partition coefficient (Wildman–Crippen LogP) is 6.74. The lowest BCUT2D eigenvalue weighted by Gasteiger charge is -2.61. The molecule has 3 fully saturated rings. The van der Waals surface area contributed by atoms with Gasteiger partial charge < -0.3 is 13.8 Å². The smallest absolute Gasteiger partial charge is 0.356 e. The van der Waals surface area contributed by atoms with Gasteiger partial charge in [-0.25, -0.2) is 0 Å². The minimum absolute atomic E-state index is 0.0480. The maximum Gasteiger partial charge on any atom is 0.356 e. The lowest BCUT2D eigenvalue weighted by atomic mass is 9.44. The van der Waals surface area contributed by atoms with Crippen LogP contribution in [-0.2, 0) is 27.9 Å². The largest absolute Gasteiger partial charge is 0.365 e. The van der Waals surface area contributed by atoms with E-state index in [0.29, 0.717) is 30.5 Å². The first-order valence-corrected chi connectivity index (χ1v) is 15.6. The van der Waals surface area contributed by atoms with E-state index in [0.717, 1.165) is 19.3 Å². The van der Waals surface area contributed by atoms with Gasteiger partial charge in [0.05, 0.1) is 19.3 Å². The Kier molecular flexibility index (Phi) is 7.69. The summed E-state index contributed by atoms with van der Waals surface area (Å²) in [6.45, 7) is 15.1. The molecule has 3 saturated carbocycles. The van der Waals surface area contributed by atoms with Crippen LogP contribution in [0, 0.1) is 39.9 Å². The van der Waals surface area contributed by atoms with Gasteiger partial charge in [-0.15, -0.1) is 0 Å². The molecule has 0 N–H and O–H groups in total. The molecule has 0 saturated heterocycles. The van der Waals surface area contributed by atoms with Gasteiger partial charge in [-0.05, 0) is 74.9 Å². The molecule has 36 heavy (non-hydrogen) atoms. The molecule has 4 rings (SSSR count). The summed E-state index contributed by atoms with van der Waals surface area (Å²) in [4.78, 5) is 25.8. The molecule has 202 valence electrons. The highest BCUT2D eigenvalue weighted by Gasteiger charge is 2.69. The van der Waals surface area contributed by atoms with E-state index < -0.39 is 13.0 Å². The zero-order valence-electron chi connectivity index (χ0n) is 23.2. The summed E-state index contributed by atoms with van der Waals surface area (Å²) in [7, 11) is -3.40. The number of hydrogen-bond donors (Lipinski definition) is 0. The van der Waals surface area contributed by atoms with E-state index in [1.165, 1.54) is 5.57 Å². The first-order chi connectivity index (χ1) is 16.9. The number of ether oxygens (including phenoxy) is 1. The molecule has 0 aromatic carbocycles. The Hall–Kier alpha value is -1.07. The van der Waals surface area contributed by atoms with Gasteiger partial charge >= 0.3 is 7.60 Å². The highest BCUT2D eigenvalue weighted by Crippen LogP contribution is 2.71. The van der Waals surface area contributed by atoms with Gasteiger partial charge in [-0.2, -0.15) is 0 Å². The van der Waals surface area contributed by atoms with Crippen molar-refractivity contribution in [1.29, 1.82) is 0 Å². The van der Waals surface area contributed by atoms with Crippen LogP contribution in [0.25, 0.3) is 0 Å². The molecule has 8 atom stereocenters. The minimum atomic E-state index is -3.40. The molecule has 7 heteroatoms. The fourth-order valence-corrected chi connectivity index (χ4v) is 10.0. The highest BCUT2D eigenvalue weighted by atomic mass is 31.2. The predicted molar refractivity (Wildman–Crippen MR) is 141 cm³/mol. The van der Waals surface area contributed by atoms with E-state index in [-0.39, 0.29) is 54.1 Å². The van der Waals surface area contributed by atoms with Gasteiger partial charge in [-0.3, -0.25) is 14.2 Å². The van der Waals surface area contributed by atoms with Crippen LogP contribution in [0.2, 0.25) is 0 Å². The number of allylic oxidation sites excluding steroid dienone is 4. The van der Waals surface area contributed by atoms with Crippen molar-refractivity contribution in [2.75, 3.05) is 19.6 Å². The van der Waals surface area contributed by atoms with E-state index >= 15 is 0 Å². The molecule has 6 nitrogen and oxygen atoms in total. The Balaban J connectivity index is 1.77. The van der Waals surface area contributed by atoms with Crippen molar-refractivity contribution in [1.82, 2.24) is 0 Å². The number of Topliss-reactive ketones (excluding diaryl/α,β-unsaturated/α-hetero) is 1. The second kappa shape index (κ2) is 9.91. The maximum atomic E-state index is 13.5. The Labute approximate surface area is 217 Å². The van der Waals surface area contributed by atoms with Crippen LogP contribution in [0.3, 0.4) is 0 Å². The van der Waals surface area contributed by atoms with Crippen molar-refractivity contribution < 1.29 is 27.9 Å². The lowest BCUT2D eigenvalue weighted by molar-refractivity contribution is -0.163. The van der Waals surface area contributed by atoms with E-state index in [1.54, 1.807) is 19.9 Å². The zero-order chi connectivity index (χ0) is 26.5. The molecular weight excluding hydrogens is 475 g/mol. The van der Waals surface area contributed by atoms with Gasteiger partial charge in [0.15, 0.2) is 5.78 Å². The molecule has 4 aliphatic carbocycles. The summed E-state index contributed by atoms with van der Waals surface area (Å²) < 4.78 is 31.1. The highest BCUT2D eigenvalue weighted by molar-refractivity contribution is 7.53. The first kappa shape index (κ1) is 28.0. The third-order valence-corrected chi connectivity index (χ3v) is 12.4. The zero-order valence-corrected chi connectivity index (χ0v) is 24.1. The number of carbonyl (C=O) groups is 2.